The average molecular weight is 292 g/mol. The molecule has 3 atom stereocenters. The molecule has 1 amide bonds. The lowest BCUT2D eigenvalue weighted by Gasteiger charge is -2.41. The molecule has 2 saturated heterocycles. The van der Waals surface area contributed by atoms with Crippen LogP contribution >= 0.6 is 0 Å². The van der Waals surface area contributed by atoms with E-state index in [2.05, 4.69) is 10.4 Å². The second kappa shape index (κ2) is 6.15. The SMILES string of the molecule is CN1C(=O)CC[C@@H](NC2CCCOC2)[C@@H]1c1ccnn1C. The largest absolute Gasteiger partial charge is 0.380 e. The number of piperidine rings is 1. The molecule has 6 heteroatoms. The molecule has 3 rings (SSSR count). The van der Waals surface area contributed by atoms with Crippen LogP contribution in [0.15, 0.2) is 12.3 Å². The van der Waals surface area contributed by atoms with Crippen molar-refractivity contribution in [1.29, 1.82) is 0 Å². The smallest absolute Gasteiger partial charge is 0.222 e. The topological polar surface area (TPSA) is 59.4 Å². The van der Waals surface area contributed by atoms with E-state index in [0.717, 1.165) is 38.2 Å². The van der Waals surface area contributed by atoms with Gasteiger partial charge >= 0.3 is 0 Å². The van der Waals surface area contributed by atoms with E-state index in [4.69, 9.17) is 4.74 Å². The van der Waals surface area contributed by atoms with Gasteiger partial charge in [-0.2, -0.15) is 5.10 Å². The standard InChI is InChI=1S/C15H24N4O2/c1-18-14(20)6-5-12(17-11-4-3-9-21-10-11)15(18)13-7-8-16-19(13)2/h7-8,11-12,15,17H,3-6,9-10H2,1-2H3/t11?,12-,15-/m1/s1. The van der Waals surface area contributed by atoms with Gasteiger partial charge in [-0.25, -0.2) is 0 Å². The van der Waals surface area contributed by atoms with Crippen molar-refractivity contribution in [3.05, 3.63) is 18.0 Å². The minimum Gasteiger partial charge on any atom is -0.380 e. The van der Waals surface area contributed by atoms with E-state index in [0.29, 0.717) is 12.5 Å². The van der Waals surface area contributed by atoms with Crippen LogP contribution in [0.2, 0.25) is 0 Å². The molecule has 2 aliphatic heterocycles. The maximum atomic E-state index is 12.1. The van der Waals surface area contributed by atoms with Gasteiger partial charge in [-0.1, -0.05) is 0 Å². The van der Waals surface area contributed by atoms with Crippen molar-refractivity contribution in [1.82, 2.24) is 20.0 Å². The van der Waals surface area contributed by atoms with Gasteiger partial charge in [0.2, 0.25) is 5.91 Å². The molecule has 6 nitrogen and oxygen atoms in total. The van der Waals surface area contributed by atoms with Crippen LogP contribution in [0, 0.1) is 0 Å². The number of carbonyl (C=O) groups is 1. The van der Waals surface area contributed by atoms with Gasteiger partial charge in [-0.15, -0.1) is 0 Å². The van der Waals surface area contributed by atoms with Gasteiger partial charge in [0.15, 0.2) is 0 Å². The Balaban J connectivity index is 1.79. The number of hydrogen-bond donors (Lipinski definition) is 1. The molecular weight excluding hydrogens is 268 g/mol. The highest BCUT2D eigenvalue weighted by molar-refractivity contribution is 5.77. The second-order valence-electron chi connectivity index (χ2n) is 6.06. The van der Waals surface area contributed by atoms with Crippen LogP contribution in [-0.4, -0.2) is 52.9 Å². The lowest BCUT2D eigenvalue weighted by molar-refractivity contribution is -0.136. The molecule has 0 saturated carbocycles. The van der Waals surface area contributed by atoms with Crippen LogP contribution in [0.3, 0.4) is 0 Å². The number of nitrogens with zero attached hydrogens (tertiary/aromatic N) is 3. The molecule has 116 valence electrons. The Bertz CT molecular complexity index is 496. The van der Waals surface area contributed by atoms with E-state index in [9.17, 15) is 4.79 Å². The van der Waals surface area contributed by atoms with Gasteiger partial charge in [-0.3, -0.25) is 9.48 Å². The Labute approximate surface area is 125 Å². The third kappa shape index (κ3) is 2.96. The average Bonchev–Trinajstić information content (AvgIpc) is 2.90. The maximum Gasteiger partial charge on any atom is 0.222 e. The zero-order valence-electron chi connectivity index (χ0n) is 12.8. The van der Waals surface area contributed by atoms with Gasteiger partial charge in [0, 0.05) is 45.4 Å². The number of amides is 1. The van der Waals surface area contributed by atoms with Crippen LogP contribution in [0.4, 0.5) is 0 Å². The molecule has 1 aromatic rings. The highest BCUT2D eigenvalue weighted by Crippen LogP contribution is 2.31. The number of ether oxygens (including phenoxy) is 1. The number of hydrogen-bond acceptors (Lipinski definition) is 4. The second-order valence-corrected chi connectivity index (χ2v) is 6.06. The highest BCUT2D eigenvalue weighted by Gasteiger charge is 2.37. The maximum absolute atomic E-state index is 12.1. The van der Waals surface area contributed by atoms with Crippen LogP contribution in [0.5, 0.6) is 0 Å². The third-order valence-corrected chi connectivity index (χ3v) is 4.63. The van der Waals surface area contributed by atoms with Gasteiger partial charge in [0.25, 0.3) is 0 Å². The number of aromatic nitrogens is 2. The van der Waals surface area contributed by atoms with Crippen LogP contribution in [0.25, 0.3) is 0 Å². The summed E-state index contributed by atoms with van der Waals surface area (Å²) in [6.45, 7) is 1.64. The zero-order chi connectivity index (χ0) is 14.8. The predicted molar refractivity (Wildman–Crippen MR) is 78.7 cm³/mol. The Morgan fingerprint density at radius 1 is 1.38 bits per heavy atom. The quantitative estimate of drug-likeness (QED) is 0.897. The van der Waals surface area contributed by atoms with Gasteiger partial charge < -0.3 is 15.0 Å². The van der Waals surface area contributed by atoms with Crippen LogP contribution < -0.4 is 5.32 Å². The van der Waals surface area contributed by atoms with E-state index in [1.165, 1.54) is 0 Å². The monoisotopic (exact) mass is 292 g/mol. The molecule has 0 aliphatic carbocycles. The first-order valence-corrected chi connectivity index (χ1v) is 7.74. The van der Waals surface area contributed by atoms with Gasteiger partial charge in [-0.05, 0) is 25.3 Å². The number of aryl methyl sites for hydroxylation is 1. The molecule has 0 bridgehead atoms. The molecule has 1 aromatic heterocycles. The van der Waals surface area contributed by atoms with Crippen molar-refractivity contribution in [2.75, 3.05) is 20.3 Å². The summed E-state index contributed by atoms with van der Waals surface area (Å²) in [5, 5.41) is 7.97. The first-order chi connectivity index (χ1) is 10.2. The Kier molecular flexibility index (Phi) is 4.26. The normalized spacial score (nSPS) is 30.7. The molecule has 1 unspecified atom stereocenters. The number of rotatable bonds is 3. The first-order valence-electron chi connectivity index (χ1n) is 7.74. The lowest BCUT2D eigenvalue weighted by Crippen LogP contribution is -2.53. The van der Waals surface area contributed by atoms with Crippen molar-refractivity contribution in [3.8, 4) is 0 Å². The molecule has 3 heterocycles. The van der Waals surface area contributed by atoms with Crippen molar-refractivity contribution >= 4 is 5.91 Å². The summed E-state index contributed by atoms with van der Waals surface area (Å²) in [6, 6.07) is 2.70. The van der Waals surface area contributed by atoms with E-state index < -0.39 is 0 Å². The third-order valence-electron chi connectivity index (χ3n) is 4.63. The van der Waals surface area contributed by atoms with Crippen molar-refractivity contribution in [2.45, 2.75) is 43.8 Å². The van der Waals surface area contributed by atoms with E-state index >= 15 is 0 Å². The van der Waals surface area contributed by atoms with E-state index in [1.54, 1.807) is 6.20 Å². The zero-order valence-corrected chi connectivity index (χ0v) is 12.8. The molecule has 2 fully saturated rings. The summed E-state index contributed by atoms with van der Waals surface area (Å²) in [5.74, 6) is 0.208. The highest BCUT2D eigenvalue weighted by atomic mass is 16.5. The molecule has 0 spiro atoms. The summed E-state index contributed by atoms with van der Waals surface area (Å²) in [5.41, 5.74) is 1.08. The number of carbonyl (C=O) groups excluding carboxylic acids is 1. The summed E-state index contributed by atoms with van der Waals surface area (Å²) >= 11 is 0. The van der Waals surface area contributed by atoms with Gasteiger partial charge in [0.1, 0.15) is 0 Å². The van der Waals surface area contributed by atoms with Gasteiger partial charge in [0.05, 0.1) is 18.3 Å². The Morgan fingerprint density at radius 3 is 2.90 bits per heavy atom. The van der Waals surface area contributed by atoms with E-state index in [1.807, 2.05) is 29.7 Å². The van der Waals surface area contributed by atoms with Crippen LogP contribution in [0.1, 0.15) is 37.4 Å². The number of likely N-dealkylation sites (N-methyl/N-ethyl adjacent to an activating group) is 1. The Hall–Kier alpha value is -1.40. The fourth-order valence-corrected chi connectivity index (χ4v) is 3.47. The fourth-order valence-electron chi connectivity index (χ4n) is 3.47. The molecule has 0 aromatic carbocycles. The summed E-state index contributed by atoms with van der Waals surface area (Å²) in [7, 11) is 3.83. The van der Waals surface area contributed by atoms with Crippen molar-refractivity contribution < 1.29 is 9.53 Å². The minimum atomic E-state index is 0.0423. The minimum absolute atomic E-state index is 0.0423. The fraction of sp³-hybridized carbons (Fsp3) is 0.733. The molecule has 2 aliphatic rings. The first kappa shape index (κ1) is 14.5. The predicted octanol–water partition coefficient (Wildman–Crippen LogP) is 0.851. The van der Waals surface area contributed by atoms with Crippen molar-refractivity contribution in [2.24, 2.45) is 7.05 Å². The molecule has 0 radical (unpaired) electrons. The number of nitrogens with one attached hydrogen (secondary N) is 1. The molecule has 21 heavy (non-hydrogen) atoms. The Morgan fingerprint density at radius 2 is 2.24 bits per heavy atom. The number of likely N-dealkylation sites (tertiary alicyclic amines) is 1. The van der Waals surface area contributed by atoms with Crippen LogP contribution in [-0.2, 0) is 16.6 Å². The molecular formula is C15H24N4O2. The van der Waals surface area contributed by atoms with Crippen molar-refractivity contribution in [3.63, 3.8) is 0 Å². The molecule has 1 N–H and O–H groups in total. The summed E-state index contributed by atoms with van der Waals surface area (Å²) in [6.07, 6.45) is 5.52. The summed E-state index contributed by atoms with van der Waals surface area (Å²) in [4.78, 5) is 14.0. The lowest BCUT2D eigenvalue weighted by atomic mass is 9.92. The van der Waals surface area contributed by atoms with E-state index in [-0.39, 0.29) is 18.0 Å². The summed E-state index contributed by atoms with van der Waals surface area (Å²) < 4.78 is 7.43.